The lowest BCUT2D eigenvalue weighted by molar-refractivity contribution is -0.155. The highest BCUT2D eigenvalue weighted by Gasteiger charge is 2.39. The van der Waals surface area contributed by atoms with Crippen LogP contribution < -0.4 is 24.4 Å². The van der Waals surface area contributed by atoms with Crippen molar-refractivity contribution in [3.05, 3.63) is 77.1 Å². The number of fused-ring (bicyclic) bond motifs is 1. The van der Waals surface area contributed by atoms with Gasteiger partial charge in [-0.1, -0.05) is 18.2 Å². The summed E-state index contributed by atoms with van der Waals surface area (Å²) in [6.07, 6.45) is -3.90. The molecule has 0 aromatic heterocycles. The monoisotopic (exact) mass is 632 g/mol. The number of nitrogens with one attached hydrogen (secondary N) is 1. The molecular formula is C33H36F4N2O6. The van der Waals surface area contributed by atoms with E-state index in [0.717, 1.165) is 13.2 Å². The number of halogens is 4. The highest BCUT2D eigenvalue weighted by molar-refractivity contribution is 6.01. The van der Waals surface area contributed by atoms with Crippen molar-refractivity contribution in [2.45, 2.75) is 57.9 Å². The molecule has 0 aliphatic carbocycles. The Morgan fingerprint density at radius 2 is 1.69 bits per heavy atom. The van der Waals surface area contributed by atoms with Gasteiger partial charge >= 0.3 is 12.1 Å². The van der Waals surface area contributed by atoms with Crippen LogP contribution in [0.3, 0.4) is 0 Å². The smallest absolute Gasteiger partial charge is 0.420 e. The highest BCUT2D eigenvalue weighted by atomic mass is 19.4. The quantitative estimate of drug-likeness (QED) is 0.137. The number of carbonyl (C=O) groups is 2. The van der Waals surface area contributed by atoms with Gasteiger partial charge in [0.1, 0.15) is 34.7 Å². The molecule has 1 heterocycles. The lowest BCUT2D eigenvalue weighted by atomic mass is 10.0. The minimum atomic E-state index is -4.72. The maximum atomic E-state index is 15.1. The first kappa shape index (κ1) is 33.4. The number of benzene rings is 3. The SMILES string of the molecule is COc1cc(NC(C(=O)N2CCc3cc(OC)c(C(F)(F)F)cc32)c2ccccc2F)cc(OCCCC(=O)OC(C)(C)C)c1. The van der Waals surface area contributed by atoms with Crippen LogP contribution in [-0.2, 0) is 26.9 Å². The normalized spacial score (nSPS) is 13.6. The highest BCUT2D eigenvalue weighted by Crippen LogP contribution is 2.43. The van der Waals surface area contributed by atoms with Crippen molar-refractivity contribution < 1.29 is 46.1 Å². The molecule has 1 unspecified atom stereocenters. The molecule has 3 aromatic rings. The van der Waals surface area contributed by atoms with Crippen molar-refractivity contribution in [3.63, 3.8) is 0 Å². The van der Waals surface area contributed by atoms with Crippen molar-refractivity contribution >= 4 is 23.3 Å². The molecule has 1 atom stereocenters. The zero-order chi connectivity index (χ0) is 32.9. The molecule has 1 aliphatic heterocycles. The Balaban J connectivity index is 1.61. The van der Waals surface area contributed by atoms with Gasteiger partial charge in [-0.3, -0.25) is 9.59 Å². The van der Waals surface area contributed by atoms with Crippen molar-refractivity contribution in [2.24, 2.45) is 0 Å². The summed E-state index contributed by atoms with van der Waals surface area (Å²) in [5.41, 5.74) is -0.686. The summed E-state index contributed by atoms with van der Waals surface area (Å²) in [7, 11) is 2.60. The topological polar surface area (TPSA) is 86.3 Å². The molecule has 1 amide bonds. The number of ether oxygens (including phenoxy) is 4. The number of esters is 1. The van der Waals surface area contributed by atoms with Crippen LogP contribution in [0.15, 0.2) is 54.6 Å². The first-order valence-corrected chi connectivity index (χ1v) is 14.3. The molecule has 0 saturated heterocycles. The lowest BCUT2D eigenvalue weighted by Gasteiger charge is -2.27. The molecule has 8 nitrogen and oxygen atoms in total. The standard InChI is InChI=1S/C33H36F4N2O6/c1-32(2,3)45-29(40)11-8-14-44-23-17-21(16-22(18-23)42-4)38-30(24-9-6-7-10-26(24)34)31(41)39-13-12-20-15-28(43-5)25(19-27(20)39)33(35,36)37/h6-7,9-10,15-19,30,38H,8,11-14H2,1-5H3. The average molecular weight is 633 g/mol. The third-order valence-electron chi connectivity index (χ3n) is 6.97. The van der Waals surface area contributed by atoms with Crippen molar-refractivity contribution in [2.75, 3.05) is 37.6 Å². The van der Waals surface area contributed by atoms with Gasteiger partial charge in [0.15, 0.2) is 0 Å². The van der Waals surface area contributed by atoms with E-state index in [1.807, 2.05) is 0 Å². The Kier molecular flexibility index (Phi) is 10.1. The van der Waals surface area contributed by atoms with Crippen LogP contribution in [0.1, 0.15) is 56.3 Å². The minimum Gasteiger partial charge on any atom is -0.497 e. The Hall–Kier alpha value is -4.48. The lowest BCUT2D eigenvalue weighted by Crippen LogP contribution is -2.37. The fourth-order valence-corrected chi connectivity index (χ4v) is 4.99. The summed E-state index contributed by atoms with van der Waals surface area (Å²) in [5, 5.41) is 3.05. The van der Waals surface area contributed by atoms with Gasteiger partial charge in [-0.05, 0) is 57.4 Å². The van der Waals surface area contributed by atoms with E-state index in [9.17, 15) is 22.8 Å². The molecule has 0 bridgehead atoms. The molecule has 1 aliphatic rings. The number of alkyl halides is 3. The number of amides is 1. The number of nitrogens with zero attached hydrogens (tertiary/aromatic N) is 1. The summed E-state index contributed by atoms with van der Waals surface area (Å²) in [6.45, 7) is 5.62. The second-order valence-corrected chi connectivity index (χ2v) is 11.5. The molecule has 12 heteroatoms. The van der Waals surface area contributed by atoms with Gasteiger partial charge in [-0.2, -0.15) is 13.2 Å². The molecular weight excluding hydrogens is 596 g/mol. The maximum Gasteiger partial charge on any atom is 0.420 e. The van der Waals surface area contributed by atoms with Crippen LogP contribution in [-0.4, -0.2) is 44.8 Å². The molecule has 3 aromatic carbocycles. The van der Waals surface area contributed by atoms with Crippen LogP contribution in [0, 0.1) is 5.82 Å². The molecule has 0 saturated carbocycles. The van der Waals surface area contributed by atoms with Crippen LogP contribution >= 0.6 is 0 Å². The summed E-state index contributed by atoms with van der Waals surface area (Å²) >= 11 is 0. The van der Waals surface area contributed by atoms with Gasteiger partial charge in [-0.25, -0.2) is 4.39 Å². The molecule has 0 fully saturated rings. The Morgan fingerprint density at radius 1 is 0.978 bits per heavy atom. The Bertz CT molecular complexity index is 1540. The number of methoxy groups -OCH3 is 2. The molecule has 242 valence electrons. The number of hydrogen-bond acceptors (Lipinski definition) is 7. The first-order chi connectivity index (χ1) is 21.2. The minimum absolute atomic E-state index is 0.00292. The second kappa shape index (κ2) is 13.7. The Morgan fingerprint density at radius 3 is 2.33 bits per heavy atom. The van der Waals surface area contributed by atoms with Gasteiger partial charge in [-0.15, -0.1) is 0 Å². The fraction of sp³-hybridized carbons (Fsp3) is 0.394. The molecule has 45 heavy (non-hydrogen) atoms. The average Bonchev–Trinajstić information content (AvgIpc) is 3.39. The van der Waals surface area contributed by atoms with E-state index in [2.05, 4.69) is 5.32 Å². The summed E-state index contributed by atoms with van der Waals surface area (Å²) < 4.78 is 78.1. The van der Waals surface area contributed by atoms with Crippen LogP contribution in [0.2, 0.25) is 0 Å². The number of anilines is 2. The van der Waals surface area contributed by atoms with Gasteiger partial charge in [0, 0.05) is 48.1 Å². The van der Waals surface area contributed by atoms with Gasteiger partial charge in [0.2, 0.25) is 0 Å². The van der Waals surface area contributed by atoms with Crippen LogP contribution in [0.4, 0.5) is 28.9 Å². The van der Waals surface area contributed by atoms with E-state index in [-0.39, 0.29) is 42.5 Å². The third kappa shape index (κ3) is 8.37. The van der Waals surface area contributed by atoms with E-state index >= 15 is 4.39 Å². The number of rotatable bonds is 11. The van der Waals surface area contributed by atoms with Gasteiger partial charge in [0.05, 0.1) is 26.4 Å². The summed E-state index contributed by atoms with van der Waals surface area (Å²) in [5.74, 6) is -1.29. The van der Waals surface area contributed by atoms with Gasteiger partial charge < -0.3 is 29.2 Å². The molecule has 1 N–H and O–H groups in total. The summed E-state index contributed by atoms with van der Waals surface area (Å²) in [6, 6.07) is 11.3. The van der Waals surface area contributed by atoms with Crippen molar-refractivity contribution in [1.29, 1.82) is 0 Å². The molecule has 0 spiro atoms. The molecule has 4 rings (SSSR count). The van der Waals surface area contributed by atoms with Gasteiger partial charge in [0.25, 0.3) is 5.91 Å². The van der Waals surface area contributed by atoms with E-state index in [1.54, 1.807) is 45.0 Å². The van der Waals surface area contributed by atoms with E-state index in [0.29, 0.717) is 35.6 Å². The Labute approximate surface area is 259 Å². The largest absolute Gasteiger partial charge is 0.497 e. The van der Waals surface area contributed by atoms with Crippen LogP contribution in [0.5, 0.6) is 17.2 Å². The van der Waals surface area contributed by atoms with E-state index < -0.39 is 35.1 Å². The summed E-state index contributed by atoms with van der Waals surface area (Å²) in [4.78, 5) is 27.3. The fourth-order valence-electron chi connectivity index (χ4n) is 4.99. The maximum absolute atomic E-state index is 15.1. The second-order valence-electron chi connectivity index (χ2n) is 11.5. The third-order valence-corrected chi connectivity index (χ3v) is 6.97. The zero-order valence-corrected chi connectivity index (χ0v) is 25.7. The number of hydrogen-bond donors (Lipinski definition) is 1. The number of carbonyl (C=O) groups excluding carboxylic acids is 2. The van der Waals surface area contributed by atoms with Crippen molar-refractivity contribution in [1.82, 2.24) is 0 Å². The first-order valence-electron chi connectivity index (χ1n) is 14.3. The predicted molar refractivity (Wildman–Crippen MR) is 160 cm³/mol. The van der Waals surface area contributed by atoms with Crippen molar-refractivity contribution in [3.8, 4) is 17.2 Å². The predicted octanol–water partition coefficient (Wildman–Crippen LogP) is 7.10. The van der Waals surface area contributed by atoms with Crippen LogP contribution in [0.25, 0.3) is 0 Å². The van der Waals surface area contributed by atoms with E-state index in [4.69, 9.17) is 18.9 Å². The van der Waals surface area contributed by atoms with E-state index in [1.165, 1.54) is 36.3 Å². The zero-order valence-electron chi connectivity index (χ0n) is 25.7. The molecule has 0 radical (unpaired) electrons.